The molecular formula is C23H30ClN3O. The summed E-state index contributed by atoms with van der Waals surface area (Å²) in [4.78, 5) is 12.4. The van der Waals surface area contributed by atoms with Crippen molar-refractivity contribution in [2.45, 2.75) is 46.2 Å². The van der Waals surface area contributed by atoms with E-state index < -0.39 is 11.5 Å². The van der Waals surface area contributed by atoms with E-state index >= 15 is 0 Å². The van der Waals surface area contributed by atoms with Gasteiger partial charge in [-0.3, -0.25) is 4.79 Å². The topological polar surface area (TPSA) is 67.2 Å². The van der Waals surface area contributed by atoms with Gasteiger partial charge in [0.1, 0.15) is 0 Å². The summed E-state index contributed by atoms with van der Waals surface area (Å²) in [5.41, 5.74) is 11.4. The normalized spacial score (nSPS) is 15.5. The van der Waals surface area contributed by atoms with Crippen molar-refractivity contribution < 1.29 is 4.79 Å². The molecule has 1 aliphatic rings. The molecule has 2 aromatic carbocycles. The van der Waals surface area contributed by atoms with Crippen LogP contribution in [-0.2, 0) is 24.2 Å². The molecule has 1 heterocycles. The van der Waals surface area contributed by atoms with Crippen molar-refractivity contribution in [3.05, 3.63) is 63.7 Å². The molecule has 1 unspecified atom stereocenters. The van der Waals surface area contributed by atoms with E-state index in [1.807, 2.05) is 51.1 Å². The highest BCUT2D eigenvalue weighted by molar-refractivity contribution is 6.33. The van der Waals surface area contributed by atoms with E-state index in [1.54, 1.807) is 0 Å². The van der Waals surface area contributed by atoms with Crippen molar-refractivity contribution in [2.75, 3.05) is 18.4 Å². The number of carbonyl (C=O) groups is 1. The number of fused-ring (bicyclic) bond motifs is 1. The van der Waals surface area contributed by atoms with Crippen LogP contribution >= 0.6 is 11.6 Å². The Labute approximate surface area is 172 Å². The van der Waals surface area contributed by atoms with E-state index in [2.05, 4.69) is 16.7 Å². The number of nitrogens with one attached hydrogen (secondary N) is 2. The van der Waals surface area contributed by atoms with Gasteiger partial charge in [0.15, 0.2) is 5.78 Å². The predicted octanol–water partition coefficient (Wildman–Crippen LogP) is 4.26. The summed E-state index contributed by atoms with van der Waals surface area (Å²) >= 11 is 6.49. The Balaban J connectivity index is 1.72. The van der Waals surface area contributed by atoms with Crippen LogP contribution in [0.25, 0.3) is 0 Å². The molecule has 0 bridgehead atoms. The summed E-state index contributed by atoms with van der Waals surface area (Å²) in [6.45, 7) is 8.34. The third-order valence-electron chi connectivity index (χ3n) is 5.31. The zero-order valence-electron chi connectivity index (χ0n) is 16.9. The molecule has 0 radical (unpaired) electrons. The number of benzene rings is 2. The van der Waals surface area contributed by atoms with Gasteiger partial charge in [-0.2, -0.15) is 0 Å². The monoisotopic (exact) mass is 399 g/mol. The van der Waals surface area contributed by atoms with E-state index in [4.69, 9.17) is 17.3 Å². The number of anilines is 1. The molecule has 0 aromatic heterocycles. The van der Waals surface area contributed by atoms with Gasteiger partial charge in [-0.05, 0) is 54.3 Å². The minimum absolute atomic E-state index is 0.0470. The number of hydrogen-bond donors (Lipinski definition) is 3. The fourth-order valence-corrected chi connectivity index (χ4v) is 3.83. The van der Waals surface area contributed by atoms with Crippen LogP contribution in [0, 0.1) is 5.41 Å². The number of Topliss-reactive ketones (excluding diaryl/α,β-unsaturated/α-hetero) is 1. The summed E-state index contributed by atoms with van der Waals surface area (Å²) in [6.07, 6.45) is 2.00. The van der Waals surface area contributed by atoms with E-state index in [0.29, 0.717) is 6.54 Å². The first-order chi connectivity index (χ1) is 13.3. The fourth-order valence-electron chi connectivity index (χ4n) is 3.59. The molecular weight excluding hydrogens is 370 g/mol. The zero-order chi connectivity index (χ0) is 20.3. The second-order valence-electron chi connectivity index (χ2n) is 8.50. The van der Waals surface area contributed by atoms with Crippen LogP contribution in [0.4, 0.5) is 5.69 Å². The number of hydrogen-bond acceptors (Lipinski definition) is 4. The minimum atomic E-state index is -0.589. The predicted molar refractivity (Wildman–Crippen MR) is 117 cm³/mol. The van der Waals surface area contributed by atoms with Gasteiger partial charge in [0.25, 0.3) is 0 Å². The first-order valence-corrected chi connectivity index (χ1v) is 10.3. The molecule has 1 aliphatic heterocycles. The van der Waals surface area contributed by atoms with Crippen molar-refractivity contribution in [1.29, 1.82) is 0 Å². The maximum absolute atomic E-state index is 12.4. The highest BCUT2D eigenvalue weighted by Gasteiger charge is 2.28. The number of rotatable bonds is 5. The fraction of sp³-hybridized carbons (Fsp3) is 0.435. The summed E-state index contributed by atoms with van der Waals surface area (Å²) in [7, 11) is 0. The SMILES string of the molecule is CC(C)(C)C(=O)C(N)c1ccc(CNc2c(Cl)ccc3c2CCNCC3)cc1. The van der Waals surface area contributed by atoms with Gasteiger partial charge >= 0.3 is 0 Å². The van der Waals surface area contributed by atoms with Gasteiger partial charge in [0, 0.05) is 12.0 Å². The maximum Gasteiger partial charge on any atom is 0.159 e. The molecule has 2 aromatic rings. The third kappa shape index (κ3) is 4.75. The Bertz CT molecular complexity index is 840. The van der Waals surface area contributed by atoms with Crippen molar-refractivity contribution in [2.24, 2.45) is 11.1 Å². The second-order valence-corrected chi connectivity index (χ2v) is 8.90. The van der Waals surface area contributed by atoms with Crippen molar-refractivity contribution in [1.82, 2.24) is 5.32 Å². The standard InChI is InChI=1S/C23H30ClN3O/c1-23(2,3)22(28)20(25)17-6-4-15(5-7-17)14-27-21-18-11-13-26-12-10-16(18)8-9-19(21)24/h4-9,20,26-27H,10-14,25H2,1-3H3. The van der Waals surface area contributed by atoms with Crippen LogP contribution in [0.3, 0.4) is 0 Å². The number of carbonyl (C=O) groups excluding carboxylic acids is 1. The number of ketones is 1. The van der Waals surface area contributed by atoms with E-state index in [9.17, 15) is 4.79 Å². The lowest BCUT2D eigenvalue weighted by atomic mass is 9.84. The number of nitrogens with two attached hydrogens (primary N) is 1. The Morgan fingerprint density at radius 1 is 1.14 bits per heavy atom. The van der Waals surface area contributed by atoms with E-state index in [0.717, 1.165) is 47.8 Å². The first kappa shape index (κ1) is 20.8. The highest BCUT2D eigenvalue weighted by Crippen LogP contribution is 2.31. The molecule has 3 rings (SSSR count). The summed E-state index contributed by atoms with van der Waals surface area (Å²) in [5, 5.41) is 7.72. The average Bonchev–Trinajstić information content (AvgIpc) is 2.91. The average molecular weight is 400 g/mol. The van der Waals surface area contributed by atoms with Gasteiger partial charge < -0.3 is 16.4 Å². The largest absolute Gasteiger partial charge is 0.380 e. The Kier molecular flexibility index (Phi) is 6.43. The van der Waals surface area contributed by atoms with Crippen LogP contribution in [0.1, 0.15) is 49.1 Å². The molecule has 0 amide bonds. The number of halogens is 1. The lowest BCUT2D eigenvalue weighted by molar-refractivity contribution is -0.127. The molecule has 150 valence electrons. The Hall–Kier alpha value is -1.88. The molecule has 0 saturated carbocycles. The van der Waals surface area contributed by atoms with E-state index in [-0.39, 0.29) is 5.78 Å². The molecule has 0 fully saturated rings. The molecule has 4 nitrogen and oxygen atoms in total. The van der Waals surface area contributed by atoms with Crippen LogP contribution < -0.4 is 16.4 Å². The quantitative estimate of drug-likeness (QED) is 0.702. The molecule has 4 N–H and O–H groups in total. The highest BCUT2D eigenvalue weighted by atomic mass is 35.5. The van der Waals surface area contributed by atoms with Crippen molar-refractivity contribution >= 4 is 23.1 Å². The zero-order valence-corrected chi connectivity index (χ0v) is 17.7. The molecule has 5 heteroatoms. The molecule has 0 saturated heterocycles. The van der Waals surface area contributed by atoms with E-state index in [1.165, 1.54) is 11.1 Å². The third-order valence-corrected chi connectivity index (χ3v) is 5.63. The van der Waals surface area contributed by atoms with Gasteiger partial charge in [0.2, 0.25) is 0 Å². The van der Waals surface area contributed by atoms with Gasteiger partial charge in [-0.15, -0.1) is 0 Å². The molecule has 0 spiro atoms. The van der Waals surface area contributed by atoms with Crippen LogP contribution in [0.2, 0.25) is 5.02 Å². The minimum Gasteiger partial charge on any atom is -0.380 e. The summed E-state index contributed by atoms with van der Waals surface area (Å²) in [6, 6.07) is 11.5. The first-order valence-electron chi connectivity index (χ1n) is 9.91. The summed E-state index contributed by atoms with van der Waals surface area (Å²) < 4.78 is 0. The van der Waals surface area contributed by atoms with Crippen LogP contribution in [0.15, 0.2) is 36.4 Å². The Morgan fingerprint density at radius 2 is 1.82 bits per heavy atom. The lowest BCUT2D eigenvalue weighted by Crippen LogP contribution is -2.32. The van der Waals surface area contributed by atoms with Crippen LogP contribution in [0.5, 0.6) is 0 Å². The smallest absolute Gasteiger partial charge is 0.159 e. The second kappa shape index (κ2) is 8.64. The Morgan fingerprint density at radius 3 is 2.50 bits per heavy atom. The van der Waals surface area contributed by atoms with Crippen LogP contribution in [-0.4, -0.2) is 18.9 Å². The molecule has 1 atom stereocenters. The van der Waals surface area contributed by atoms with Crippen molar-refractivity contribution in [3.63, 3.8) is 0 Å². The van der Waals surface area contributed by atoms with Gasteiger partial charge in [-0.25, -0.2) is 0 Å². The van der Waals surface area contributed by atoms with Gasteiger partial charge in [0.05, 0.1) is 16.8 Å². The summed E-state index contributed by atoms with van der Waals surface area (Å²) in [5.74, 6) is 0.0470. The molecule has 0 aliphatic carbocycles. The van der Waals surface area contributed by atoms with Gasteiger partial charge in [-0.1, -0.05) is 62.7 Å². The maximum atomic E-state index is 12.4. The van der Waals surface area contributed by atoms with Crippen molar-refractivity contribution in [3.8, 4) is 0 Å². The molecule has 28 heavy (non-hydrogen) atoms. The lowest BCUT2D eigenvalue weighted by Gasteiger charge is -2.22.